The monoisotopic (exact) mass is 594 g/mol. The fourth-order valence-corrected chi connectivity index (χ4v) is 4.80. The first kappa shape index (κ1) is 36.4. The Hall–Kier alpha value is -2.59. The molecule has 3 atom stereocenters. The third-order valence-corrected chi connectivity index (χ3v) is 7.86. The van der Waals surface area contributed by atoms with Gasteiger partial charge in [0.15, 0.2) is 0 Å². The highest BCUT2D eigenvalue weighted by Crippen LogP contribution is 2.20. The first-order valence-corrected chi connectivity index (χ1v) is 18.4. The summed E-state index contributed by atoms with van der Waals surface area (Å²) in [5, 5.41) is 14.2. The Kier molecular flexibility index (Phi) is 14.9. The smallest absolute Gasteiger partial charge is 0.410 e. The summed E-state index contributed by atoms with van der Waals surface area (Å²) in [7, 11) is -1.45. The number of nitrogens with zero attached hydrogens (tertiary/aromatic N) is 1. The van der Waals surface area contributed by atoms with Gasteiger partial charge < -0.3 is 24.6 Å². The van der Waals surface area contributed by atoms with Crippen LogP contribution in [-0.4, -0.2) is 73.2 Å². The van der Waals surface area contributed by atoms with Gasteiger partial charge >= 0.3 is 18.2 Å². The molecule has 0 saturated heterocycles. The average molecular weight is 595 g/mol. The van der Waals surface area contributed by atoms with Gasteiger partial charge in [-0.2, -0.15) is 0 Å². The van der Waals surface area contributed by atoms with Crippen molar-refractivity contribution in [3.05, 3.63) is 35.9 Å². The van der Waals surface area contributed by atoms with Crippen molar-refractivity contribution in [2.45, 2.75) is 117 Å². The van der Waals surface area contributed by atoms with E-state index in [4.69, 9.17) is 14.2 Å². The van der Waals surface area contributed by atoms with Crippen molar-refractivity contribution in [3.63, 3.8) is 0 Å². The van der Waals surface area contributed by atoms with E-state index in [2.05, 4.69) is 25.0 Å². The van der Waals surface area contributed by atoms with E-state index in [0.29, 0.717) is 12.8 Å². The van der Waals surface area contributed by atoms with E-state index < -0.39 is 50.0 Å². The van der Waals surface area contributed by atoms with Gasteiger partial charge in [-0.25, -0.2) is 14.4 Å². The zero-order valence-corrected chi connectivity index (χ0v) is 27.9. The van der Waals surface area contributed by atoms with Crippen molar-refractivity contribution in [3.8, 4) is 0 Å². The summed E-state index contributed by atoms with van der Waals surface area (Å²) in [5.41, 5.74) is 0.0796. The standard InChI is InChI=1S/C31H54N2O7Si/c1-22(2)18-25(32-29(36)40-31(5,6)7)27(34)20-33(30(37)39-21-24-14-12-11-13-15-24)26(19-23(3)4)28(35)38-16-17-41(8,9)10/h11-15,22-23,25-27,34H,16-21H2,1-10H3,(H,32,36)/t25-,26-,27?/m0/s1. The van der Waals surface area contributed by atoms with Crippen LogP contribution in [0, 0.1) is 11.8 Å². The highest BCUT2D eigenvalue weighted by Gasteiger charge is 2.37. The summed E-state index contributed by atoms with van der Waals surface area (Å²) < 4.78 is 16.7. The van der Waals surface area contributed by atoms with Crippen LogP contribution >= 0.6 is 0 Å². The Balaban J connectivity index is 3.28. The van der Waals surface area contributed by atoms with Gasteiger partial charge in [0.2, 0.25) is 0 Å². The van der Waals surface area contributed by atoms with Crippen LogP contribution < -0.4 is 5.32 Å². The van der Waals surface area contributed by atoms with Crippen LogP contribution in [0.15, 0.2) is 30.3 Å². The third-order valence-electron chi connectivity index (χ3n) is 6.15. The van der Waals surface area contributed by atoms with Gasteiger partial charge in [-0.3, -0.25) is 4.90 Å². The van der Waals surface area contributed by atoms with E-state index in [1.165, 1.54) is 4.90 Å². The van der Waals surface area contributed by atoms with Gasteiger partial charge in [0.1, 0.15) is 18.2 Å². The topological polar surface area (TPSA) is 114 Å². The van der Waals surface area contributed by atoms with Crippen molar-refractivity contribution in [2.24, 2.45) is 11.8 Å². The molecule has 0 heterocycles. The van der Waals surface area contributed by atoms with Crippen LogP contribution in [0.5, 0.6) is 0 Å². The summed E-state index contributed by atoms with van der Waals surface area (Å²) in [6.07, 6.45) is -1.83. The number of aliphatic hydroxyl groups is 1. The van der Waals surface area contributed by atoms with Crippen LogP contribution in [0.4, 0.5) is 9.59 Å². The third kappa shape index (κ3) is 15.8. The number of rotatable bonds is 15. The molecule has 2 N–H and O–H groups in total. The van der Waals surface area contributed by atoms with E-state index in [1.54, 1.807) is 20.8 Å². The number of carbonyl (C=O) groups excluding carboxylic acids is 3. The summed E-state index contributed by atoms with van der Waals surface area (Å²) in [6.45, 7) is 19.8. The number of ether oxygens (including phenoxy) is 3. The van der Waals surface area contributed by atoms with Crippen LogP contribution in [0.3, 0.4) is 0 Å². The molecule has 0 aliphatic rings. The van der Waals surface area contributed by atoms with Crippen molar-refractivity contribution in [1.29, 1.82) is 0 Å². The van der Waals surface area contributed by atoms with E-state index in [0.717, 1.165) is 11.6 Å². The SMILES string of the molecule is CC(C)C[C@H](NC(=O)OC(C)(C)C)C(O)CN(C(=O)OCc1ccccc1)[C@@H](CC(C)C)C(=O)OCC[Si](C)(C)C. The van der Waals surface area contributed by atoms with Gasteiger partial charge in [0.25, 0.3) is 0 Å². The number of carbonyl (C=O) groups is 3. The van der Waals surface area contributed by atoms with Crippen LogP contribution in [0.2, 0.25) is 25.7 Å². The molecule has 41 heavy (non-hydrogen) atoms. The van der Waals surface area contributed by atoms with Crippen molar-refractivity contribution in [1.82, 2.24) is 10.2 Å². The summed E-state index contributed by atoms with van der Waals surface area (Å²) in [4.78, 5) is 40.8. The molecule has 1 aromatic rings. The Morgan fingerprint density at radius 3 is 2.05 bits per heavy atom. The number of hydrogen-bond donors (Lipinski definition) is 2. The van der Waals surface area contributed by atoms with Gasteiger partial charge in [0.05, 0.1) is 25.3 Å². The van der Waals surface area contributed by atoms with Gasteiger partial charge in [-0.1, -0.05) is 77.7 Å². The fourth-order valence-electron chi connectivity index (χ4n) is 4.09. The van der Waals surface area contributed by atoms with E-state index in [-0.39, 0.29) is 31.6 Å². The number of hydrogen-bond acceptors (Lipinski definition) is 7. The first-order chi connectivity index (χ1) is 18.9. The molecule has 234 valence electrons. The molecule has 10 heteroatoms. The molecule has 0 aromatic heterocycles. The Labute approximate surface area is 248 Å². The van der Waals surface area contributed by atoms with Gasteiger partial charge in [-0.05, 0) is 57.1 Å². The maximum Gasteiger partial charge on any atom is 0.410 e. The molecule has 0 aliphatic carbocycles. The molecule has 0 fully saturated rings. The molecule has 1 unspecified atom stereocenters. The number of amides is 2. The molecule has 2 amide bonds. The number of esters is 1. The molecule has 9 nitrogen and oxygen atoms in total. The normalized spacial score (nSPS) is 14.3. The first-order valence-electron chi connectivity index (χ1n) is 14.7. The Morgan fingerprint density at radius 1 is 0.951 bits per heavy atom. The lowest BCUT2D eigenvalue weighted by Gasteiger charge is -2.35. The fraction of sp³-hybridized carbons (Fsp3) is 0.710. The summed E-state index contributed by atoms with van der Waals surface area (Å²) in [6, 6.07) is 8.35. The van der Waals surface area contributed by atoms with E-state index >= 15 is 0 Å². The molecule has 0 bridgehead atoms. The average Bonchev–Trinajstić information content (AvgIpc) is 2.82. The van der Waals surface area contributed by atoms with Gasteiger partial charge in [-0.15, -0.1) is 0 Å². The van der Waals surface area contributed by atoms with Crippen molar-refractivity contribution in [2.75, 3.05) is 13.2 Å². The van der Waals surface area contributed by atoms with E-state index in [1.807, 2.05) is 58.0 Å². The Bertz CT molecular complexity index is 942. The second kappa shape index (κ2) is 16.7. The second-order valence-electron chi connectivity index (χ2n) is 13.8. The number of benzene rings is 1. The predicted octanol–water partition coefficient (Wildman–Crippen LogP) is 6.22. The van der Waals surface area contributed by atoms with Crippen molar-refractivity contribution < 1.29 is 33.7 Å². The molecule has 0 radical (unpaired) electrons. The molecular weight excluding hydrogens is 540 g/mol. The molecule has 1 aromatic carbocycles. The van der Waals surface area contributed by atoms with Gasteiger partial charge in [0, 0.05) is 8.07 Å². The maximum atomic E-state index is 13.5. The van der Waals surface area contributed by atoms with Crippen molar-refractivity contribution >= 4 is 26.2 Å². The highest BCUT2D eigenvalue weighted by atomic mass is 28.3. The van der Waals surface area contributed by atoms with Crippen LogP contribution in [0.1, 0.15) is 66.9 Å². The molecule has 0 aliphatic heterocycles. The maximum absolute atomic E-state index is 13.5. The second-order valence-corrected chi connectivity index (χ2v) is 19.4. The minimum atomic E-state index is -1.45. The molecule has 0 spiro atoms. The number of aliphatic hydroxyl groups excluding tert-OH is 1. The molecule has 0 saturated carbocycles. The van der Waals surface area contributed by atoms with Crippen LogP contribution in [0.25, 0.3) is 0 Å². The lowest BCUT2D eigenvalue weighted by atomic mass is 9.97. The summed E-state index contributed by atoms with van der Waals surface area (Å²) in [5.74, 6) is -0.347. The summed E-state index contributed by atoms with van der Waals surface area (Å²) >= 11 is 0. The number of nitrogens with one attached hydrogen (secondary N) is 1. The lowest BCUT2D eigenvalue weighted by Crippen LogP contribution is -2.55. The highest BCUT2D eigenvalue weighted by molar-refractivity contribution is 6.76. The largest absolute Gasteiger partial charge is 0.464 e. The molecular formula is C31H54N2O7Si. The predicted molar refractivity (Wildman–Crippen MR) is 164 cm³/mol. The number of alkyl carbamates (subject to hydrolysis) is 1. The van der Waals surface area contributed by atoms with E-state index in [9.17, 15) is 19.5 Å². The zero-order valence-electron chi connectivity index (χ0n) is 26.9. The minimum absolute atomic E-state index is 0.0108. The quantitative estimate of drug-likeness (QED) is 0.141. The van der Waals surface area contributed by atoms with Crippen LogP contribution in [-0.2, 0) is 25.6 Å². The lowest BCUT2D eigenvalue weighted by molar-refractivity contribution is -0.150. The Morgan fingerprint density at radius 2 is 1.54 bits per heavy atom. The zero-order chi connectivity index (χ0) is 31.4. The molecule has 1 rings (SSSR count). The minimum Gasteiger partial charge on any atom is -0.464 e.